The van der Waals surface area contributed by atoms with Gasteiger partial charge in [-0.3, -0.25) is 14.8 Å². The second-order valence-electron chi connectivity index (χ2n) is 5.84. The van der Waals surface area contributed by atoms with Gasteiger partial charge in [-0.25, -0.2) is 13.1 Å². The maximum Gasteiger partial charge on any atom is 0.255 e. The van der Waals surface area contributed by atoms with Crippen molar-refractivity contribution in [1.82, 2.24) is 14.7 Å². The lowest BCUT2D eigenvalue weighted by Gasteiger charge is -2.09. The Bertz CT molecular complexity index is 1050. The molecule has 3 N–H and O–H groups in total. The van der Waals surface area contributed by atoms with Gasteiger partial charge >= 0.3 is 0 Å². The Morgan fingerprint density at radius 2 is 1.89 bits per heavy atom. The summed E-state index contributed by atoms with van der Waals surface area (Å²) >= 11 is 0. The van der Waals surface area contributed by atoms with Crippen LogP contribution >= 0.6 is 0 Å². The lowest BCUT2D eigenvalue weighted by Crippen LogP contribution is -2.23. The van der Waals surface area contributed by atoms with Crippen molar-refractivity contribution in [3.8, 4) is 17.0 Å². The number of nitrogens with zero attached hydrogens (tertiary/aromatic N) is 2. The maximum absolute atomic E-state index is 12.5. The number of nitrogens with one attached hydrogen (secondary N) is 1. The molecule has 2 aromatic heterocycles. The summed E-state index contributed by atoms with van der Waals surface area (Å²) in [6, 6.07) is 12.9. The summed E-state index contributed by atoms with van der Waals surface area (Å²) in [5, 5.41) is 0. The largest absolute Gasteiger partial charge is 0.484 e. The summed E-state index contributed by atoms with van der Waals surface area (Å²) < 4.78 is 32.6. The Kier molecular flexibility index (Phi) is 5.97. The Morgan fingerprint density at radius 3 is 2.57 bits per heavy atom. The van der Waals surface area contributed by atoms with Crippen molar-refractivity contribution in [3.05, 3.63) is 72.7 Å². The molecule has 144 valence electrons. The van der Waals surface area contributed by atoms with Gasteiger partial charge in [-0.15, -0.1) is 0 Å². The standard InChI is InChI=1S/C19H18N4O4S/c20-19(24)13-27-16-3-5-17(6-4-16)28(25,26)23-11-14-7-9-22-18(10-14)15-2-1-8-21-12-15/h1-10,12,23H,11,13H2,(H2,20,24). The molecule has 0 aliphatic rings. The molecule has 3 aromatic rings. The quantitative estimate of drug-likeness (QED) is 0.592. The van der Waals surface area contributed by atoms with Crippen molar-refractivity contribution in [2.45, 2.75) is 11.4 Å². The highest BCUT2D eigenvalue weighted by molar-refractivity contribution is 7.89. The molecular weight excluding hydrogens is 380 g/mol. The zero-order valence-electron chi connectivity index (χ0n) is 14.8. The van der Waals surface area contributed by atoms with Gasteiger partial charge in [-0.1, -0.05) is 0 Å². The van der Waals surface area contributed by atoms with Crippen LogP contribution in [0.4, 0.5) is 0 Å². The first-order valence-corrected chi connectivity index (χ1v) is 9.78. The number of primary amides is 1. The highest BCUT2D eigenvalue weighted by atomic mass is 32.2. The molecule has 1 amide bonds. The molecule has 0 radical (unpaired) electrons. The molecule has 0 saturated heterocycles. The zero-order chi connectivity index (χ0) is 20.0. The minimum atomic E-state index is -3.71. The molecule has 0 spiro atoms. The normalized spacial score (nSPS) is 11.1. The number of amides is 1. The number of carbonyl (C=O) groups is 1. The third kappa shape index (κ3) is 5.12. The molecular formula is C19H18N4O4S. The van der Waals surface area contributed by atoms with Crippen LogP contribution in [0.25, 0.3) is 11.3 Å². The summed E-state index contributed by atoms with van der Waals surface area (Å²) in [4.78, 5) is 19.1. The third-order valence-electron chi connectivity index (χ3n) is 3.76. The molecule has 0 unspecified atom stereocenters. The molecule has 0 bridgehead atoms. The van der Waals surface area contributed by atoms with E-state index in [1.807, 2.05) is 12.1 Å². The Labute approximate surface area is 162 Å². The predicted octanol–water partition coefficient (Wildman–Crippen LogP) is 1.49. The molecule has 9 heteroatoms. The zero-order valence-corrected chi connectivity index (χ0v) is 15.6. The van der Waals surface area contributed by atoms with Crippen LogP contribution < -0.4 is 15.2 Å². The molecule has 2 heterocycles. The second kappa shape index (κ2) is 8.59. The molecule has 0 aliphatic heterocycles. The number of nitrogens with two attached hydrogens (primary N) is 1. The van der Waals surface area contributed by atoms with Crippen molar-refractivity contribution in [2.24, 2.45) is 5.73 Å². The molecule has 0 atom stereocenters. The van der Waals surface area contributed by atoms with Gasteiger partial charge in [0.2, 0.25) is 10.0 Å². The average Bonchev–Trinajstić information content (AvgIpc) is 2.72. The van der Waals surface area contributed by atoms with Crippen LogP contribution in [-0.4, -0.2) is 30.9 Å². The number of ether oxygens (including phenoxy) is 1. The summed E-state index contributed by atoms with van der Waals surface area (Å²) in [7, 11) is -3.71. The van der Waals surface area contributed by atoms with Crippen LogP contribution in [0.5, 0.6) is 5.75 Å². The van der Waals surface area contributed by atoms with E-state index in [4.69, 9.17) is 10.5 Å². The van der Waals surface area contributed by atoms with Crippen LogP contribution in [0.15, 0.2) is 72.0 Å². The highest BCUT2D eigenvalue weighted by Crippen LogP contribution is 2.18. The van der Waals surface area contributed by atoms with Crippen molar-refractivity contribution < 1.29 is 17.9 Å². The van der Waals surface area contributed by atoms with Crippen LogP contribution in [0.3, 0.4) is 0 Å². The molecule has 0 saturated carbocycles. The molecule has 1 aromatic carbocycles. The van der Waals surface area contributed by atoms with Crippen LogP contribution in [0, 0.1) is 0 Å². The summed E-state index contributed by atoms with van der Waals surface area (Å²) in [5.74, 6) is -0.255. The number of benzene rings is 1. The number of hydrogen-bond donors (Lipinski definition) is 2. The van der Waals surface area contributed by atoms with E-state index in [1.165, 1.54) is 24.3 Å². The fourth-order valence-corrected chi connectivity index (χ4v) is 3.41. The minimum Gasteiger partial charge on any atom is -0.484 e. The SMILES string of the molecule is NC(=O)COc1ccc(S(=O)(=O)NCc2ccnc(-c3cccnc3)c2)cc1. The predicted molar refractivity (Wildman–Crippen MR) is 103 cm³/mol. The van der Waals surface area contributed by atoms with Gasteiger partial charge in [-0.2, -0.15) is 0 Å². The summed E-state index contributed by atoms with van der Waals surface area (Å²) in [6.45, 7) is -0.163. The van der Waals surface area contributed by atoms with Gasteiger partial charge in [0.1, 0.15) is 5.75 Å². The lowest BCUT2D eigenvalue weighted by molar-refractivity contribution is -0.119. The molecule has 0 aliphatic carbocycles. The third-order valence-corrected chi connectivity index (χ3v) is 5.18. The molecule has 28 heavy (non-hydrogen) atoms. The van der Waals surface area contributed by atoms with Crippen LogP contribution in [-0.2, 0) is 21.4 Å². The summed E-state index contributed by atoms with van der Waals surface area (Å²) in [6.07, 6.45) is 4.99. The lowest BCUT2D eigenvalue weighted by atomic mass is 10.1. The van der Waals surface area contributed by atoms with Gasteiger partial charge in [0.15, 0.2) is 6.61 Å². The Balaban J connectivity index is 1.67. The van der Waals surface area contributed by atoms with Crippen molar-refractivity contribution >= 4 is 15.9 Å². The smallest absolute Gasteiger partial charge is 0.255 e. The van der Waals surface area contributed by atoms with E-state index in [2.05, 4.69) is 14.7 Å². The number of carbonyl (C=O) groups excluding carboxylic acids is 1. The fourth-order valence-electron chi connectivity index (χ4n) is 2.39. The first-order chi connectivity index (χ1) is 13.4. The summed E-state index contributed by atoms with van der Waals surface area (Å²) in [5.41, 5.74) is 7.32. The van der Waals surface area contributed by atoms with E-state index in [1.54, 1.807) is 30.7 Å². The first-order valence-electron chi connectivity index (χ1n) is 8.30. The van der Waals surface area contributed by atoms with Crippen LogP contribution in [0.1, 0.15) is 5.56 Å². The van der Waals surface area contributed by atoms with Crippen molar-refractivity contribution in [1.29, 1.82) is 0 Å². The number of rotatable bonds is 8. The molecule has 8 nitrogen and oxygen atoms in total. The van der Waals surface area contributed by atoms with E-state index in [0.29, 0.717) is 11.4 Å². The Morgan fingerprint density at radius 1 is 1.11 bits per heavy atom. The van der Waals surface area contributed by atoms with E-state index in [9.17, 15) is 13.2 Å². The van der Waals surface area contributed by atoms with E-state index in [0.717, 1.165) is 11.1 Å². The highest BCUT2D eigenvalue weighted by Gasteiger charge is 2.14. The number of aromatic nitrogens is 2. The van der Waals surface area contributed by atoms with E-state index >= 15 is 0 Å². The van der Waals surface area contributed by atoms with Gasteiger partial charge in [0.05, 0.1) is 10.6 Å². The molecule has 0 fully saturated rings. The van der Waals surface area contributed by atoms with Gasteiger partial charge in [0.25, 0.3) is 5.91 Å². The van der Waals surface area contributed by atoms with Crippen molar-refractivity contribution in [2.75, 3.05) is 6.61 Å². The first kappa shape index (κ1) is 19.5. The number of pyridine rings is 2. The molecule has 3 rings (SSSR count). The Hall–Kier alpha value is -3.30. The second-order valence-corrected chi connectivity index (χ2v) is 7.61. The minimum absolute atomic E-state index is 0.0838. The monoisotopic (exact) mass is 398 g/mol. The van der Waals surface area contributed by atoms with Crippen LogP contribution in [0.2, 0.25) is 0 Å². The van der Waals surface area contributed by atoms with E-state index < -0.39 is 15.9 Å². The topological polar surface area (TPSA) is 124 Å². The van der Waals surface area contributed by atoms with Gasteiger partial charge < -0.3 is 10.5 Å². The average molecular weight is 398 g/mol. The maximum atomic E-state index is 12.5. The van der Waals surface area contributed by atoms with Gasteiger partial charge in [-0.05, 0) is 54.1 Å². The van der Waals surface area contributed by atoms with Crippen molar-refractivity contribution in [3.63, 3.8) is 0 Å². The van der Waals surface area contributed by atoms with E-state index in [-0.39, 0.29) is 18.0 Å². The number of sulfonamides is 1. The fraction of sp³-hybridized carbons (Fsp3) is 0.105. The van der Waals surface area contributed by atoms with Gasteiger partial charge in [0, 0.05) is 30.7 Å². The number of hydrogen-bond acceptors (Lipinski definition) is 6.